The first-order valence-corrected chi connectivity index (χ1v) is 7.77. The first kappa shape index (κ1) is 13.4. The number of hydrogen-bond donors (Lipinski definition) is 1. The van der Waals surface area contributed by atoms with Crippen LogP contribution in [0.5, 0.6) is 0 Å². The van der Waals surface area contributed by atoms with Gasteiger partial charge in [-0.3, -0.25) is 5.32 Å². The summed E-state index contributed by atoms with van der Waals surface area (Å²) in [6.07, 6.45) is 5.62. The molecule has 0 aliphatic rings. The SMILES string of the molecule is C#CC(NC(c1cccs1)c1cccs1)C(C)C. The first-order valence-electron chi connectivity index (χ1n) is 6.01. The summed E-state index contributed by atoms with van der Waals surface area (Å²) in [4.78, 5) is 2.64. The third kappa shape index (κ3) is 3.02. The van der Waals surface area contributed by atoms with Crippen molar-refractivity contribution in [3.8, 4) is 12.3 Å². The molecule has 1 atom stereocenters. The van der Waals surface area contributed by atoms with Crippen molar-refractivity contribution < 1.29 is 0 Å². The van der Waals surface area contributed by atoms with Crippen molar-refractivity contribution in [1.29, 1.82) is 0 Å². The van der Waals surface area contributed by atoms with Crippen LogP contribution in [0.3, 0.4) is 0 Å². The molecule has 2 aromatic rings. The van der Waals surface area contributed by atoms with Crippen molar-refractivity contribution >= 4 is 22.7 Å². The molecule has 0 bridgehead atoms. The molecule has 0 aromatic carbocycles. The molecular formula is C15H17NS2. The molecule has 1 unspecified atom stereocenters. The van der Waals surface area contributed by atoms with E-state index < -0.39 is 0 Å². The van der Waals surface area contributed by atoms with Crippen LogP contribution in [0.2, 0.25) is 0 Å². The second-order valence-corrected chi connectivity index (χ2v) is 6.48. The maximum atomic E-state index is 5.62. The summed E-state index contributed by atoms with van der Waals surface area (Å²) in [5.74, 6) is 3.28. The van der Waals surface area contributed by atoms with Gasteiger partial charge in [0.15, 0.2) is 0 Å². The molecule has 0 saturated carbocycles. The average molecular weight is 275 g/mol. The van der Waals surface area contributed by atoms with Gasteiger partial charge in [-0.1, -0.05) is 31.9 Å². The maximum Gasteiger partial charge on any atom is 0.0774 e. The highest BCUT2D eigenvalue weighted by Gasteiger charge is 2.21. The molecule has 1 N–H and O–H groups in total. The van der Waals surface area contributed by atoms with Gasteiger partial charge < -0.3 is 0 Å². The molecule has 2 rings (SSSR count). The lowest BCUT2D eigenvalue weighted by molar-refractivity contribution is 0.450. The smallest absolute Gasteiger partial charge is 0.0774 e. The molecule has 0 fully saturated rings. The van der Waals surface area contributed by atoms with Gasteiger partial charge in [0.05, 0.1) is 12.1 Å². The van der Waals surface area contributed by atoms with E-state index in [1.807, 2.05) is 0 Å². The number of hydrogen-bond acceptors (Lipinski definition) is 3. The van der Waals surface area contributed by atoms with E-state index in [-0.39, 0.29) is 12.1 Å². The van der Waals surface area contributed by atoms with Crippen LogP contribution in [0.25, 0.3) is 0 Å². The number of nitrogens with one attached hydrogen (secondary N) is 1. The quantitative estimate of drug-likeness (QED) is 0.808. The lowest BCUT2D eigenvalue weighted by Crippen LogP contribution is -2.35. The summed E-state index contributed by atoms with van der Waals surface area (Å²) in [6.45, 7) is 4.30. The Labute approximate surface area is 117 Å². The summed E-state index contributed by atoms with van der Waals surface area (Å²) in [7, 11) is 0. The van der Waals surface area contributed by atoms with Crippen molar-refractivity contribution in [1.82, 2.24) is 5.32 Å². The van der Waals surface area contributed by atoms with Gasteiger partial charge >= 0.3 is 0 Å². The van der Waals surface area contributed by atoms with E-state index in [2.05, 4.69) is 60.1 Å². The molecule has 0 spiro atoms. The minimum absolute atomic E-state index is 0.0965. The lowest BCUT2D eigenvalue weighted by Gasteiger charge is -2.23. The molecule has 0 amide bonds. The van der Waals surface area contributed by atoms with Crippen LogP contribution < -0.4 is 5.32 Å². The summed E-state index contributed by atoms with van der Waals surface area (Å²) in [5, 5.41) is 7.81. The molecular weight excluding hydrogens is 258 g/mol. The number of rotatable bonds is 5. The van der Waals surface area contributed by atoms with Crippen molar-refractivity contribution in [3.63, 3.8) is 0 Å². The number of thiophene rings is 2. The Kier molecular flexibility index (Phi) is 4.60. The van der Waals surface area contributed by atoms with Crippen molar-refractivity contribution in [2.24, 2.45) is 5.92 Å². The van der Waals surface area contributed by atoms with Crippen molar-refractivity contribution in [2.75, 3.05) is 0 Å². The minimum atomic E-state index is 0.0965. The van der Waals surface area contributed by atoms with Gasteiger partial charge in [-0.15, -0.1) is 29.1 Å². The minimum Gasteiger partial charge on any atom is -0.291 e. The zero-order valence-corrected chi connectivity index (χ0v) is 12.2. The van der Waals surface area contributed by atoms with Crippen LogP contribution >= 0.6 is 22.7 Å². The fraction of sp³-hybridized carbons (Fsp3) is 0.333. The molecule has 1 nitrogen and oxygen atoms in total. The Morgan fingerprint density at radius 1 is 1.11 bits per heavy atom. The third-order valence-corrected chi connectivity index (χ3v) is 4.72. The van der Waals surface area contributed by atoms with Gasteiger partial charge in [-0.25, -0.2) is 0 Å². The van der Waals surface area contributed by atoms with Crippen LogP contribution in [-0.2, 0) is 0 Å². The Bertz CT molecular complexity index is 457. The van der Waals surface area contributed by atoms with E-state index in [0.717, 1.165) is 0 Å². The second kappa shape index (κ2) is 6.19. The summed E-state index contributed by atoms with van der Waals surface area (Å²) in [5.41, 5.74) is 0. The Morgan fingerprint density at radius 3 is 2.00 bits per heavy atom. The second-order valence-electron chi connectivity index (χ2n) is 4.52. The van der Waals surface area contributed by atoms with Gasteiger partial charge in [-0.2, -0.15) is 0 Å². The molecule has 18 heavy (non-hydrogen) atoms. The van der Waals surface area contributed by atoms with Crippen LogP contribution in [0.1, 0.15) is 29.6 Å². The van der Waals surface area contributed by atoms with Gasteiger partial charge in [0, 0.05) is 9.75 Å². The molecule has 94 valence electrons. The van der Waals surface area contributed by atoms with E-state index in [0.29, 0.717) is 5.92 Å². The summed E-state index contributed by atoms with van der Waals surface area (Å²) >= 11 is 3.54. The zero-order valence-electron chi connectivity index (χ0n) is 10.6. The Balaban J connectivity index is 2.24. The van der Waals surface area contributed by atoms with Gasteiger partial charge in [-0.05, 0) is 28.8 Å². The topological polar surface area (TPSA) is 12.0 Å². The normalized spacial score (nSPS) is 12.8. The van der Waals surface area contributed by atoms with E-state index in [9.17, 15) is 0 Å². The van der Waals surface area contributed by atoms with Crippen molar-refractivity contribution in [2.45, 2.75) is 25.9 Å². The highest BCUT2D eigenvalue weighted by atomic mass is 32.1. The molecule has 0 saturated heterocycles. The largest absolute Gasteiger partial charge is 0.291 e. The fourth-order valence-electron chi connectivity index (χ4n) is 1.83. The molecule has 0 radical (unpaired) electrons. The predicted molar refractivity (Wildman–Crippen MR) is 81.1 cm³/mol. The molecule has 3 heteroatoms. The van der Waals surface area contributed by atoms with Crippen molar-refractivity contribution in [3.05, 3.63) is 44.8 Å². The average Bonchev–Trinajstić information content (AvgIpc) is 3.02. The zero-order chi connectivity index (χ0) is 13.0. The van der Waals surface area contributed by atoms with Gasteiger partial charge in [0.2, 0.25) is 0 Å². The van der Waals surface area contributed by atoms with Crippen LogP contribution in [-0.4, -0.2) is 6.04 Å². The maximum absolute atomic E-state index is 5.62. The predicted octanol–water partition coefficient (Wildman–Crippen LogP) is 4.15. The van der Waals surface area contributed by atoms with Gasteiger partial charge in [0.1, 0.15) is 0 Å². The number of terminal acetylenes is 1. The molecule has 2 aromatic heterocycles. The molecule has 2 heterocycles. The first-order chi connectivity index (χ1) is 8.72. The standard InChI is InChI=1S/C15H17NS2/c1-4-12(11(2)3)16-15(13-7-5-9-17-13)14-8-6-10-18-14/h1,5-12,15-16H,2-3H3. The lowest BCUT2D eigenvalue weighted by atomic mass is 10.0. The Hall–Kier alpha value is -1.08. The highest BCUT2D eigenvalue weighted by molar-refractivity contribution is 7.11. The molecule has 0 aliphatic carbocycles. The fourth-order valence-corrected chi connectivity index (χ4v) is 3.51. The Morgan fingerprint density at radius 2 is 1.67 bits per heavy atom. The van der Waals surface area contributed by atoms with Crippen LogP contribution in [0, 0.1) is 18.3 Å². The van der Waals surface area contributed by atoms with E-state index in [1.54, 1.807) is 22.7 Å². The van der Waals surface area contributed by atoms with E-state index in [1.165, 1.54) is 9.75 Å². The van der Waals surface area contributed by atoms with E-state index in [4.69, 9.17) is 6.42 Å². The third-order valence-electron chi connectivity index (χ3n) is 2.85. The van der Waals surface area contributed by atoms with Crippen LogP contribution in [0.15, 0.2) is 35.0 Å². The van der Waals surface area contributed by atoms with Crippen LogP contribution in [0.4, 0.5) is 0 Å². The monoisotopic (exact) mass is 275 g/mol. The summed E-state index contributed by atoms with van der Waals surface area (Å²) in [6, 6.07) is 8.81. The molecule has 0 aliphatic heterocycles. The summed E-state index contributed by atoms with van der Waals surface area (Å²) < 4.78 is 0. The highest BCUT2D eigenvalue weighted by Crippen LogP contribution is 2.30. The van der Waals surface area contributed by atoms with E-state index >= 15 is 0 Å². The van der Waals surface area contributed by atoms with Gasteiger partial charge in [0.25, 0.3) is 0 Å².